The van der Waals surface area contributed by atoms with E-state index in [2.05, 4.69) is 22.1 Å². The molecule has 2 heterocycles. The number of ether oxygens (including phenoxy) is 1. The molecule has 1 aromatic carbocycles. The number of amides is 1. The fourth-order valence-electron chi connectivity index (χ4n) is 3.32. The van der Waals surface area contributed by atoms with Gasteiger partial charge in [-0.2, -0.15) is 0 Å². The number of pyridine rings is 1. The number of nitrogens with one attached hydrogen (secondary N) is 1. The molecular weight excluding hydrogens is 395 g/mol. The van der Waals surface area contributed by atoms with Crippen LogP contribution in [0, 0.1) is 35.2 Å². The van der Waals surface area contributed by atoms with Crippen molar-refractivity contribution in [2.45, 2.75) is 30.9 Å². The van der Waals surface area contributed by atoms with Crippen molar-refractivity contribution in [2.75, 3.05) is 0 Å². The molecule has 1 saturated carbocycles. The summed E-state index contributed by atoms with van der Waals surface area (Å²) in [5.41, 5.74) is 0.458. The minimum absolute atomic E-state index is 0.295. The minimum Gasteiger partial charge on any atom is -0.439 e. The third-order valence-corrected chi connectivity index (χ3v) is 4.79. The summed E-state index contributed by atoms with van der Waals surface area (Å²) in [5, 5.41) is 2.47. The highest BCUT2D eigenvalue weighted by molar-refractivity contribution is 5.71. The van der Waals surface area contributed by atoms with Crippen molar-refractivity contribution in [1.29, 1.82) is 0 Å². The van der Waals surface area contributed by atoms with Gasteiger partial charge in [0.1, 0.15) is 11.9 Å². The van der Waals surface area contributed by atoms with Gasteiger partial charge in [-0.3, -0.25) is 4.98 Å². The lowest BCUT2D eigenvalue weighted by Gasteiger charge is -2.31. The van der Waals surface area contributed by atoms with Crippen LogP contribution in [0.5, 0.6) is 0 Å². The smallest absolute Gasteiger partial charge is 0.408 e. The Bertz CT molecular complexity index is 1040. The molecular formula is C20H13F5N2O2. The van der Waals surface area contributed by atoms with E-state index in [1.807, 2.05) is 0 Å². The fraction of sp³-hybridized carbons (Fsp3) is 0.300. The zero-order chi connectivity index (χ0) is 20.8. The number of cyclic esters (lactones) is 1. The molecule has 0 bridgehead atoms. The van der Waals surface area contributed by atoms with Gasteiger partial charge in [0, 0.05) is 48.3 Å². The summed E-state index contributed by atoms with van der Waals surface area (Å²) in [6.07, 6.45) is 0.0876. The highest BCUT2D eigenvalue weighted by atomic mass is 19.3. The molecule has 1 aliphatic carbocycles. The summed E-state index contributed by atoms with van der Waals surface area (Å²) in [6.45, 7) is 0. The normalized spacial score (nSPS) is 22.9. The van der Waals surface area contributed by atoms with Crippen molar-refractivity contribution < 1.29 is 31.5 Å². The van der Waals surface area contributed by atoms with E-state index in [1.165, 1.54) is 12.4 Å². The van der Waals surface area contributed by atoms with E-state index >= 15 is 0 Å². The quantitative estimate of drug-likeness (QED) is 0.455. The lowest BCUT2D eigenvalue weighted by molar-refractivity contribution is -0.0936. The molecule has 1 aliphatic heterocycles. The van der Waals surface area contributed by atoms with Crippen LogP contribution < -0.4 is 5.32 Å². The van der Waals surface area contributed by atoms with Gasteiger partial charge in [0.05, 0.1) is 0 Å². The number of benzene rings is 1. The highest BCUT2D eigenvalue weighted by Gasteiger charge is 2.44. The summed E-state index contributed by atoms with van der Waals surface area (Å²) < 4.78 is 71.8. The van der Waals surface area contributed by atoms with E-state index in [0.717, 1.165) is 0 Å². The number of carbonyl (C=O) groups is 1. The van der Waals surface area contributed by atoms with E-state index in [9.17, 15) is 26.7 Å². The summed E-state index contributed by atoms with van der Waals surface area (Å²) in [7, 11) is 0. The van der Waals surface area contributed by atoms with Crippen LogP contribution in [0.15, 0.2) is 30.6 Å². The lowest BCUT2D eigenvalue weighted by Crippen LogP contribution is -2.34. The summed E-state index contributed by atoms with van der Waals surface area (Å²) in [4.78, 5) is 15.7. The van der Waals surface area contributed by atoms with Crippen molar-refractivity contribution in [3.63, 3.8) is 0 Å². The van der Waals surface area contributed by atoms with Crippen LogP contribution >= 0.6 is 0 Å². The van der Waals surface area contributed by atoms with Gasteiger partial charge in [-0.05, 0) is 17.7 Å². The largest absolute Gasteiger partial charge is 0.439 e. The Morgan fingerprint density at radius 3 is 2.52 bits per heavy atom. The zero-order valence-electron chi connectivity index (χ0n) is 14.7. The number of hydrogen-bond donors (Lipinski definition) is 1. The third-order valence-electron chi connectivity index (χ3n) is 4.79. The Morgan fingerprint density at radius 1 is 1.07 bits per heavy atom. The van der Waals surface area contributed by atoms with E-state index in [4.69, 9.17) is 4.74 Å². The fourth-order valence-corrected chi connectivity index (χ4v) is 3.32. The number of hydrogen-bond acceptors (Lipinski definition) is 3. The van der Waals surface area contributed by atoms with Crippen molar-refractivity contribution >= 4 is 6.09 Å². The molecule has 0 spiro atoms. The molecule has 150 valence electrons. The maximum atomic E-state index is 14.2. The van der Waals surface area contributed by atoms with Crippen LogP contribution in [0.2, 0.25) is 0 Å². The third kappa shape index (κ3) is 3.88. The number of halogens is 5. The Hall–Kier alpha value is -3.15. The first-order valence-corrected chi connectivity index (χ1v) is 8.68. The van der Waals surface area contributed by atoms with Gasteiger partial charge in [-0.1, -0.05) is 11.8 Å². The minimum atomic E-state index is -2.67. The summed E-state index contributed by atoms with van der Waals surface area (Å²) in [5.74, 6) is -1.29. The number of alkyl carbamates (subject to hydrolysis) is 1. The molecule has 2 unspecified atom stereocenters. The maximum Gasteiger partial charge on any atom is 0.408 e. The van der Waals surface area contributed by atoms with Crippen LogP contribution in [0.25, 0.3) is 0 Å². The van der Waals surface area contributed by atoms with Crippen LogP contribution in [0.3, 0.4) is 0 Å². The molecule has 1 amide bonds. The first-order chi connectivity index (χ1) is 13.7. The number of nitrogens with zero attached hydrogens (tertiary/aromatic N) is 1. The molecule has 4 rings (SSSR count). The van der Waals surface area contributed by atoms with Gasteiger partial charge in [0.25, 0.3) is 5.92 Å². The molecule has 2 atom stereocenters. The van der Waals surface area contributed by atoms with Gasteiger partial charge in [-0.15, -0.1) is 0 Å². The summed E-state index contributed by atoms with van der Waals surface area (Å²) >= 11 is 0. The maximum absolute atomic E-state index is 14.2. The Balaban J connectivity index is 1.61. The average Bonchev–Trinajstić information content (AvgIpc) is 3.03. The molecule has 2 aromatic rings. The van der Waals surface area contributed by atoms with Gasteiger partial charge < -0.3 is 10.1 Å². The molecule has 0 radical (unpaired) electrons. The predicted octanol–water partition coefficient (Wildman–Crippen LogP) is 4.42. The second-order valence-electron chi connectivity index (χ2n) is 6.97. The highest BCUT2D eigenvalue weighted by Crippen LogP contribution is 2.42. The van der Waals surface area contributed by atoms with Crippen molar-refractivity contribution in [2.24, 2.45) is 5.92 Å². The SMILES string of the molecule is O=C1NC(c2cncc(C#CC3CC(F)(F)C3)c2)C(c2cc(F)c(F)cc2F)O1. The standard InChI is InChI=1S/C20H13F5N2O2/c21-14-5-16(23)15(22)4-13(14)18-17(27-19(28)29-18)12-3-10(8-26-9-12)1-2-11-6-20(24,25)7-11/h3-5,8-9,11,17-18H,6-7H2,(H,27,28). The molecule has 1 aromatic heterocycles. The van der Waals surface area contributed by atoms with Gasteiger partial charge >= 0.3 is 6.09 Å². The first-order valence-electron chi connectivity index (χ1n) is 8.68. The number of aromatic nitrogens is 1. The number of alkyl halides is 2. The second kappa shape index (κ2) is 7.03. The predicted molar refractivity (Wildman–Crippen MR) is 90.2 cm³/mol. The van der Waals surface area contributed by atoms with Crippen LogP contribution in [0.4, 0.5) is 26.7 Å². The number of carbonyl (C=O) groups excluding carboxylic acids is 1. The average molecular weight is 408 g/mol. The second-order valence-corrected chi connectivity index (χ2v) is 6.97. The molecule has 1 saturated heterocycles. The molecule has 29 heavy (non-hydrogen) atoms. The molecule has 4 nitrogen and oxygen atoms in total. The van der Waals surface area contributed by atoms with Crippen LogP contribution in [0.1, 0.15) is 41.7 Å². The van der Waals surface area contributed by atoms with Crippen molar-refractivity contribution in [1.82, 2.24) is 10.3 Å². The van der Waals surface area contributed by atoms with Gasteiger partial charge in [0.2, 0.25) is 0 Å². The van der Waals surface area contributed by atoms with Gasteiger partial charge in [0.15, 0.2) is 17.7 Å². The summed E-state index contributed by atoms with van der Waals surface area (Å²) in [6, 6.07) is 1.63. The topological polar surface area (TPSA) is 51.2 Å². The first kappa shape index (κ1) is 19.2. The van der Waals surface area contributed by atoms with Gasteiger partial charge in [-0.25, -0.2) is 26.7 Å². The molecule has 2 fully saturated rings. The molecule has 1 N–H and O–H groups in total. The van der Waals surface area contributed by atoms with Crippen molar-refractivity contribution in [3.05, 3.63) is 64.7 Å². The Labute approximate surface area is 162 Å². The van der Waals surface area contributed by atoms with Crippen molar-refractivity contribution in [3.8, 4) is 11.8 Å². The Morgan fingerprint density at radius 2 is 1.79 bits per heavy atom. The Kier molecular flexibility index (Phi) is 4.65. The lowest BCUT2D eigenvalue weighted by atomic mass is 9.82. The van der Waals surface area contributed by atoms with Crippen LogP contribution in [-0.4, -0.2) is 17.0 Å². The van der Waals surface area contributed by atoms with E-state index in [-0.39, 0.29) is 18.4 Å². The van der Waals surface area contributed by atoms with Crippen LogP contribution in [-0.2, 0) is 4.74 Å². The van der Waals surface area contributed by atoms with E-state index in [1.54, 1.807) is 6.07 Å². The monoisotopic (exact) mass is 408 g/mol. The number of rotatable bonds is 2. The molecule has 2 aliphatic rings. The van der Waals surface area contributed by atoms with E-state index in [0.29, 0.717) is 23.3 Å². The zero-order valence-corrected chi connectivity index (χ0v) is 14.7. The molecule has 9 heteroatoms. The van der Waals surface area contributed by atoms with E-state index < -0.39 is 47.5 Å².